The maximum Gasteiger partial charge on any atom is 0.193 e. The van der Waals surface area contributed by atoms with Crippen LogP contribution in [0.5, 0.6) is 40.2 Å². The molecule has 59 heavy (non-hydrogen) atoms. The molecule has 2 atom stereocenters. The Bertz CT molecular complexity index is 2530. The van der Waals surface area contributed by atoms with Gasteiger partial charge in [0.1, 0.15) is 11.5 Å². The molecule has 7 rings (SSSR count). The molecule has 0 bridgehead atoms. The molecule has 1 aliphatic heterocycles. The van der Waals surface area contributed by atoms with Crippen LogP contribution in [-0.2, 0) is 10.3 Å². The van der Waals surface area contributed by atoms with Gasteiger partial charge in [0.05, 0.1) is 55.7 Å². The van der Waals surface area contributed by atoms with Gasteiger partial charge in [0.25, 0.3) is 0 Å². The largest absolute Gasteiger partial charge is 0.497 e. The molecule has 0 N–H and O–H groups in total. The minimum Gasteiger partial charge on any atom is -0.497 e. The van der Waals surface area contributed by atoms with E-state index in [1.165, 1.54) is 28.4 Å². The van der Waals surface area contributed by atoms with Gasteiger partial charge in [0, 0.05) is 33.4 Å². The van der Waals surface area contributed by atoms with Crippen molar-refractivity contribution in [2.75, 3.05) is 49.8 Å². The second-order valence-electron chi connectivity index (χ2n) is 13.6. The fourth-order valence-corrected chi connectivity index (χ4v) is 7.71. The third kappa shape index (κ3) is 7.29. The summed E-state index contributed by atoms with van der Waals surface area (Å²) in [6.45, 7) is 0. The highest BCUT2D eigenvalue weighted by Gasteiger charge is 2.53. The van der Waals surface area contributed by atoms with E-state index in [-0.39, 0.29) is 22.7 Å². The molecule has 0 spiro atoms. The summed E-state index contributed by atoms with van der Waals surface area (Å²) in [5, 5.41) is 0. The Hall–Kier alpha value is -7.20. The number of carbonyl (C=O) groups is 2. The van der Waals surface area contributed by atoms with E-state index in [0.717, 1.165) is 0 Å². The summed E-state index contributed by atoms with van der Waals surface area (Å²) in [7, 11) is 10.8. The molecule has 6 aromatic carbocycles. The maximum atomic E-state index is 16.1. The van der Waals surface area contributed by atoms with Crippen LogP contribution in [0.1, 0.15) is 60.0 Å². The van der Waals surface area contributed by atoms with Crippen molar-refractivity contribution < 1.29 is 47.5 Å². The van der Waals surface area contributed by atoms with E-state index in [1.54, 1.807) is 82.0 Å². The molecule has 0 aromatic heterocycles. The van der Waals surface area contributed by atoms with Gasteiger partial charge in [0.2, 0.25) is 0 Å². The molecule has 1 aliphatic rings. The van der Waals surface area contributed by atoms with Gasteiger partial charge < -0.3 is 37.9 Å². The first-order valence-corrected chi connectivity index (χ1v) is 18.7. The van der Waals surface area contributed by atoms with Crippen molar-refractivity contribution in [1.29, 1.82) is 0 Å². The Labute approximate surface area is 343 Å². The lowest BCUT2D eigenvalue weighted by atomic mass is 9.66. The number of ketones is 2. The average Bonchev–Trinajstić information content (AvgIpc) is 3.30. The van der Waals surface area contributed by atoms with E-state index in [4.69, 9.17) is 37.9 Å². The van der Waals surface area contributed by atoms with Gasteiger partial charge in [-0.1, -0.05) is 66.7 Å². The molecular formula is C49H44O10. The van der Waals surface area contributed by atoms with E-state index in [9.17, 15) is 4.79 Å². The number of hydrogen-bond donors (Lipinski definition) is 0. The van der Waals surface area contributed by atoms with E-state index >= 15 is 4.79 Å². The number of benzene rings is 6. The summed E-state index contributed by atoms with van der Waals surface area (Å²) >= 11 is 0. The van der Waals surface area contributed by atoms with E-state index in [1.807, 2.05) is 72.8 Å². The van der Waals surface area contributed by atoms with Crippen molar-refractivity contribution in [3.05, 3.63) is 172 Å². The number of carbonyl (C=O) groups excluding carboxylic acids is 2. The topological polar surface area (TPSA) is 108 Å². The van der Waals surface area contributed by atoms with Gasteiger partial charge >= 0.3 is 0 Å². The number of fused-ring (bicyclic) bond motifs is 1. The summed E-state index contributed by atoms with van der Waals surface area (Å²) in [5.41, 5.74) is 2.18. The predicted molar refractivity (Wildman–Crippen MR) is 225 cm³/mol. The summed E-state index contributed by atoms with van der Waals surface area (Å²) in [4.78, 5) is 31.0. The second-order valence-corrected chi connectivity index (χ2v) is 13.6. The summed E-state index contributed by atoms with van der Waals surface area (Å²) < 4.78 is 47.5. The smallest absolute Gasteiger partial charge is 0.193 e. The monoisotopic (exact) mass is 792 g/mol. The molecule has 0 fully saturated rings. The van der Waals surface area contributed by atoms with Crippen molar-refractivity contribution >= 4 is 23.4 Å². The zero-order valence-electron chi connectivity index (χ0n) is 33.9. The molecular weight excluding hydrogens is 749 g/mol. The van der Waals surface area contributed by atoms with Gasteiger partial charge in [-0.2, -0.15) is 0 Å². The molecule has 10 heteroatoms. The Morgan fingerprint density at radius 2 is 1.10 bits per heavy atom. The zero-order chi connectivity index (χ0) is 41.7. The van der Waals surface area contributed by atoms with Crippen LogP contribution < -0.4 is 33.2 Å². The number of methoxy groups -OCH3 is 7. The van der Waals surface area contributed by atoms with Gasteiger partial charge in [-0.05, 0) is 77.9 Å². The highest BCUT2D eigenvalue weighted by Crippen LogP contribution is 2.56. The Balaban J connectivity index is 1.64. The molecule has 0 saturated heterocycles. The van der Waals surface area contributed by atoms with E-state index in [2.05, 4.69) is 0 Å². The standard InChI is InChI=1S/C49H44O10/c1-52-35-20-21-38-33(24-35)27-41(31-18-22-39(53-2)42(25-31)55-4)59-49(38,34-16-12-9-13-17-34)46(48(51)32-19-23-40(54-3)43(26-32)56-5)36-28-44(57-6)45(58-7)29-37(36)47(50)30-14-10-8-11-15-30/h8-29,46H,1-7H3. The summed E-state index contributed by atoms with van der Waals surface area (Å²) in [6, 6.07) is 37.8. The van der Waals surface area contributed by atoms with Gasteiger partial charge in [-0.15, -0.1) is 0 Å². The normalized spacial score (nSPS) is 14.7. The van der Waals surface area contributed by atoms with Crippen LogP contribution >= 0.6 is 0 Å². The third-order valence-corrected chi connectivity index (χ3v) is 10.6. The average molecular weight is 793 g/mol. The van der Waals surface area contributed by atoms with Crippen molar-refractivity contribution in [3.63, 3.8) is 0 Å². The van der Waals surface area contributed by atoms with Crippen molar-refractivity contribution in [1.82, 2.24) is 0 Å². The lowest BCUT2D eigenvalue weighted by Gasteiger charge is -2.45. The highest BCUT2D eigenvalue weighted by molar-refractivity contribution is 6.13. The number of ether oxygens (including phenoxy) is 8. The quantitative estimate of drug-likeness (QED) is 0.0934. The first kappa shape index (κ1) is 40.0. The number of rotatable bonds is 15. The van der Waals surface area contributed by atoms with Gasteiger partial charge in [0.15, 0.2) is 51.7 Å². The van der Waals surface area contributed by atoms with E-state index in [0.29, 0.717) is 79.4 Å². The highest BCUT2D eigenvalue weighted by atomic mass is 16.5. The summed E-state index contributed by atoms with van der Waals surface area (Å²) in [5.74, 6) is 1.39. The molecule has 6 aromatic rings. The molecule has 0 amide bonds. The SMILES string of the molecule is COc1ccc2c(c1)C=C(c1ccc(OC)c(OC)c1)OC2(c1ccccc1)C(C(=O)c1ccc(OC)c(OC)c1)c1cc(OC)c(OC)cc1C(=O)c1ccccc1. The van der Waals surface area contributed by atoms with Crippen molar-refractivity contribution in [2.45, 2.75) is 11.5 Å². The van der Waals surface area contributed by atoms with Gasteiger partial charge in [-0.25, -0.2) is 0 Å². The molecule has 0 saturated carbocycles. The molecule has 2 unspecified atom stereocenters. The van der Waals surface area contributed by atoms with Crippen LogP contribution in [0.15, 0.2) is 127 Å². The molecule has 300 valence electrons. The van der Waals surface area contributed by atoms with E-state index < -0.39 is 11.5 Å². The van der Waals surface area contributed by atoms with Crippen LogP contribution in [0.2, 0.25) is 0 Å². The van der Waals surface area contributed by atoms with Crippen LogP contribution in [0.3, 0.4) is 0 Å². The first-order chi connectivity index (χ1) is 28.7. The van der Waals surface area contributed by atoms with Crippen LogP contribution in [0.4, 0.5) is 0 Å². The second kappa shape index (κ2) is 17.1. The van der Waals surface area contributed by atoms with Gasteiger partial charge in [-0.3, -0.25) is 9.59 Å². The number of Topliss-reactive ketones (excluding diaryl/α,β-unsaturated/α-hetero) is 1. The fraction of sp³-hybridized carbons (Fsp3) is 0.184. The van der Waals surface area contributed by atoms with Crippen LogP contribution in [-0.4, -0.2) is 61.3 Å². The Kier molecular flexibility index (Phi) is 11.6. The maximum absolute atomic E-state index is 16.1. The minimum absolute atomic E-state index is 0.212. The van der Waals surface area contributed by atoms with Crippen LogP contribution in [0, 0.1) is 0 Å². The van der Waals surface area contributed by atoms with Crippen molar-refractivity contribution in [2.24, 2.45) is 0 Å². The third-order valence-electron chi connectivity index (χ3n) is 10.6. The lowest BCUT2D eigenvalue weighted by molar-refractivity contribution is 0.0398. The predicted octanol–water partition coefficient (Wildman–Crippen LogP) is 9.42. The van der Waals surface area contributed by atoms with Crippen molar-refractivity contribution in [3.8, 4) is 40.2 Å². The molecule has 0 radical (unpaired) electrons. The molecule has 0 aliphatic carbocycles. The molecule has 1 heterocycles. The van der Waals surface area contributed by atoms with Crippen LogP contribution in [0.25, 0.3) is 11.8 Å². The Morgan fingerprint density at radius 1 is 0.525 bits per heavy atom. The number of hydrogen-bond acceptors (Lipinski definition) is 10. The first-order valence-electron chi connectivity index (χ1n) is 18.7. The molecule has 10 nitrogen and oxygen atoms in total. The minimum atomic E-state index is -1.67. The lowest BCUT2D eigenvalue weighted by Crippen LogP contribution is -2.44. The Morgan fingerprint density at radius 3 is 1.73 bits per heavy atom. The zero-order valence-corrected chi connectivity index (χ0v) is 33.9. The summed E-state index contributed by atoms with van der Waals surface area (Å²) in [6.07, 6.45) is 1.91. The fourth-order valence-electron chi connectivity index (χ4n) is 7.71.